The van der Waals surface area contributed by atoms with E-state index < -0.39 is 0 Å². The number of aromatic nitrogens is 1. The molecule has 21 heavy (non-hydrogen) atoms. The summed E-state index contributed by atoms with van der Waals surface area (Å²) in [5.74, 6) is 0.545. The molecule has 0 atom stereocenters. The van der Waals surface area contributed by atoms with Crippen molar-refractivity contribution in [2.45, 2.75) is 19.8 Å². The van der Waals surface area contributed by atoms with Gasteiger partial charge in [-0.1, -0.05) is 62.4 Å². The maximum atomic E-state index is 4.43. The smallest absolute Gasteiger partial charge is 0.0702 e. The Kier molecular flexibility index (Phi) is 3.83. The molecule has 0 aliphatic rings. The van der Waals surface area contributed by atoms with Crippen molar-refractivity contribution in [3.8, 4) is 22.4 Å². The predicted octanol–water partition coefficient (Wildman–Crippen LogP) is 5.54. The van der Waals surface area contributed by atoms with Crippen LogP contribution in [-0.4, -0.2) is 4.98 Å². The van der Waals surface area contributed by atoms with E-state index in [1.807, 2.05) is 24.4 Å². The molecule has 0 fully saturated rings. The fourth-order valence-corrected chi connectivity index (χ4v) is 2.47. The Morgan fingerprint density at radius 1 is 0.714 bits per heavy atom. The Labute approximate surface area is 126 Å². The van der Waals surface area contributed by atoms with Crippen molar-refractivity contribution in [3.63, 3.8) is 0 Å². The standard InChI is InChI=1S/C20H19N/c1-15(2)16-7-5-8-17(13-16)18-9-6-10-19(14-18)20-11-3-4-12-21-20/h3-15H,1-2H3. The second-order valence-electron chi connectivity index (χ2n) is 5.58. The van der Waals surface area contributed by atoms with Gasteiger partial charge in [-0.15, -0.1) is 0 Å². The minimum absolute atomic E-state index is 0.545. The summed E-state index contributed by atoms with van der Waals surface area (Å²) in [7, 11) is 0. The van der Waals surface area contributed by atoms with Crippen molar-refractivity contribution in [2.75, 3.05) is 0 Å². The first kappa shape index (κ1) is 13.6. The fourth-order valence-electron chi connectivity index (χ4n) is 2.47. The first-order valence-electron chi connectivity index (χ1n) is 7.36. The molecule has 0 N–H and O–H groups in total. The quantitative estimate of drug-likeness (QED) is 0.610. The van der Waals surface area contributed by atoms with Crippen LogP contribution in [0.2, 0.25) is 0 Å². The van der Waals surface area contributed by atoms with Crippen LogP contribution in [0.15, 0.2) is 72.9 Å². The van der Waals surface area contributed by atoms with Gasteiger partial charge in [-0.2, -0.15) is 0 Å². The Morgan fingerprint density at radius 3 is 2.14 bits per heavy atom. The van der Waals surface area contributed by atoms with Crippen molar-refractivity contribution in [1.82, 2.24) is 4.98 Å². The van der Waals surface area contributed by atoms with Crippen molar-refractivity contribution in [1.29, 1.82) is 0 Å². The number of benzene rings is 2. The van der Waals surface area contributed by atoms with Crippen LogP contribution in [0.25, 0.3) is 22.4 Å². The molecule has 0 amide bonds. The average Bonchev–Trinajstić information content (AvgIpc) is 2.56. The molecule has 0 radical (unpaired) electrons. The summed E-state index contributed by atoms with van der Waals surface area (Å²) in [5.41, 5.74) is 6.04. The summed E-state index contributed by atoms with van der Waals surface area (Å²) in [6, 6.07) is 23.4. The van der Waals surface area contributed by atoms with Gasteiger partial charge >= 0.3 is 0 Å². The molecule has 0 saturated carbocycles. The van der Waals surface area contributed by atoms with Crippen molar-refractivity contribution in [2.24, 2.45) is 0 Å². The van der Waals surface area contributed by atoms with Gasteiger partial charge in [-0.05, 0) is 40.8 Å². The van der Waals surface area contributed by atoms with Crippen LogP contribution < -0.4 is 0 Å². The summed E-state index contributed by atoms with van der Waals surface area (Å²) in [5, 5.41) is 0. The second kappa shape index (κ2) is 5.92. The first-order valence-corrected chi connectivity index (χ1v) is 7.36. The highest BCUT2D eigenvalue weighted by atomic mass is 14.7. The first-order chi connectivity index (χ1) is 10.2. The van der Waals surface area contributed by atoms with Gasteiger partial charge in [0.05, 0.1) is 5.69 Å². The molecule has 2 aromatic carbocycles. The second-order valence-corrected chi connectivity index (χ2v) is 5.58. The lowest BCUT2D eigenvalue weighted by atomic mass is 9.96. The normalized spacial score (nSPS) is 10.8. The molecule has 1 heterocycles. The molecule has 0 saturated heterocycles. The van der Waals surface area contributed by atoms with E-state index in [9.17, 15) is 0 Å². The van der Waals surface area contributed by atoms with Crippen molar-refractivity contribution >= 4 is 0 Å². The molecule has 0 spiro atoms. The Morgan fingerprint density at radius 2 is 1.43 bits per heavy atom. The van der Waals surface area contributed by atoms with Gasteiger partial charge in [0.2, 0.25) is 0 Å². The third-order valence-corrected chi connectivity index (χ3v) is 3.71. The van der Waals surface area contributed by atoms with Gasteiger partial charge in [-0.25, -0.2) is 0 Å². The summed E-state index contributed by atoms with van der Waals surface area (Å²) in [6.07, 6.45) is 1.83. The predicted molar refractivity (Wildman–Crippen MR) is 89.2 cm³/mol. The Bertz CT molecular complexity index is 730. The Balaban J connectivity index is 2.02. The number of pyridine rings is 1. The molecule has 0 bridgehead atoms. The highest BCUT2D eigenvalue weighted by molar-refractivity contribution is 5.71. The summed E-state index contributed by atoms with van der Waals surface area (Å²) in [6.45, 7) is 4.45. The van der Waals surface area contributed by atoms with Crippen LogP contribution in [0.3, 0.4) is 0 Å². The molecule has 3 aromatic rings. The number of rotatable bonds is 3. The van der Waals surface area contributed by atoms with Crippen LogP contribution in [0.4, 0.5) is 0 Å². The zero-order valence-corrected chi connectivity index (χ0v) is 12.5. The topological polar surface area (TPSA) is 12.9 Å². The van der Waals surface area contributed by atoms with Gasteiger partial charge in [0.15, 0.2) is 0 Å². The zero-order chi connectivity index (χ0) is 14.7. The van der Waals surface area contributed by atoms with Gasteiger partial charge in [0, 0.05) is 11.8 Å². The monoisotopic (exact) mass is 273 g/mol. The van der Waals surface area contributed by atoms with E-state index in [-0.39, 0.29) is 0 Å². The lowest BCUT2D eigenvalue weighted by Gasteiger charge is -2.09. The highest BCUT2D eigenvalue weighted by Gasteiger charge is 2.04. The number of nitrogens with zero attached hydrogens (tertiary/aromatic N) is 1. The highest BCUT2D eigenvalue weighted by Crippen LogP contribution is 2.27. The molecular formula is C20H19N. The molecule has 1 aromatic heterocycles. The molecule has 0 aliphatic heterocycles. The van der Waals surface area contributed by atoms with Crippen molar-refractivity contribution in [3.05, 3.63) is 78.5 Å². The van der Waals surface area contributed by atoms with E-state index in [0.29, 0.717) is 5.92 Å². The molecular weight excluding hydrogens is 254 g/mol. The third kappa shape index (κ3) is 3.03. The number of hydrogen-bond donors (Lipinski definition) is 0. The maximum absolute atomic E-state index is 4.43. The van der Waals surface area contributed by atoms with Gasteiger partial charge < -0.3 is 0 Å². The summed E-state index contributed by atoms with van der Waals surface area (Å²) >= 11 is 0. The van der Waals surface area contributed by atoms with Crippen LogP contribution in [0.1, 0.15) is 25.3 Å². The molecule has 1 heteroatoms. The van der Waals surface area contributed by atoms with E-state index >= 15 is 0 Å². The van der Waals surface area contributed by atoms with Gasteiger partial charge in [0.1, 0.15) is 0 Å². The lowest BCUT2D eigenvalue weighted by molar-refractivity contribution is 0.867. The summed E-state index contributed by atoms with van der Waals surface area (Å²) in [4.78, 5) is 4.43. The zero-order valence-electron chi connectivity index (χ0n) is 12.5. The van der Waals surface area contributed by atoms with Crippen LogP contribution >= 0.6 is 0 Å². The van der Waals surface area contributed by atoms with Crippen LogP contribution in [0, 0.1) is 0 Å². The van der Waals surface area contributed by atoms with E-state index in [1.54, 1.807) is 0 Å². The fraction of sp³-hybridized carbons (Fsp3) is 0.150. The minimum atomic E-state index is 0.545. The lowest BCUT2D eigenvalue weighted by Crippen LogP contribution is -1.88. The van der Waals surface area contributed by atoms with Crippen LogP contribution in [0.5, 0.6) is 0 Å². The molecule has 104 valence electrons. The minimum Gasteiger partial charge on any atom is -0.256 e. The number of hydrogen-bond acceptors (Lipinski definition) is 1. The molecule has 3 rings (SSSR count). The summed E-state index contributed by atoms with van der Waals surface area (Å²) < 4.78 is 0. The maximum Gasteiger partial charge on any atom is 0.0702 e. The van der Waals surface area contributed by atoms with Crippen LogP contribution in [-0.2, 0) is 0 Å². The molecule has 0 unspecified atom stereocenters. The van der Waals surface area contributed by atoms with E-state index in [1.165, 1.54) is 16.7 Å². The average molecular weight is 273 g/mol. The van der Waals surface area contributed by atoms with Gasteiger partial charge in [0.25, 0.3) is 0 Å². The van der Waals surface area contributed by atoms with E-state index in [2.05, 4.69) is 67.4 Å². The van der Waals surface area contributed by atoms with Gasteiger partial charge in [-0.3, -0.25) is 4.98 Å². The SMILES string of the molecule is CC(C)c1cccc(-c2cccc(-c3ccccn3)c2)c1. The molecule has 0 aliphatic carbocycles. The van der Waals surface area contributed by atoms with Crippen molar-refractivity contribution < 1.29 is 0 Å². The van der Waals surface area contributed by atoms with E-state index in [0.717, 1.165) is 11.3 Å². The largest absolute Gasteiger partial charge is 0.256 e. The van der Waals surface area contributed by atoms with E-state index in [4.69, 9.17) is 0 Å². The molecule has 1 nitrogen and oxygen atoms in total. The third-order valence-electron chi connectivity index (χ3n) is 3.71. The Hall–Kier alpha value is -2.41.